The lowest BCUT2D eigenvalue weighted by Crippen LogP contribution is -2.11. The first-order valence-corrected chi connectivity index (χ1v) is 7.21. The Balaban J connectivity index is 2.24. The van der Waals surface area contributed by atoms with Crippen molar-refractivity contribution in [3.8, 4) is 11.5 Å². The highest BCUT2D eigenvalue weighted by Crippen LogP contribution is 2.31. The number of anilines is 1. The van der Waals surface area contributed by atoms with Crippen LogP contribution in [0.2, 0.25) is 0 Å². The van der Waals surface area contributed by atoms with Crippen LogP contribution in [0.4, 0.5) is 5.82 Å². The molecule has 1 heterocycles. The lowest BCUT2D eigenvalue weighted by molar-refractivity contribution is 0.270. The number of ether oxygens (including phenoxy) is 2. The number of aromatic nitrogens is 2. The number of hydrogen-bond donors (Lipinski definition) is 2. The number of aliphatic hydroxyl groups excluding tert-OH is 1. The van der Waals surface area contributed by atoms with Crippen LogP contribution in [0.25, 0.3) is 0 Å². The van der Waals surface area contributed by atoms with Gasteiger partial charge in [0.1, 0.15) is 5.82 Å². The van der Waals surface area contributed by atoms with Crippen LogP contribution in [0.3, 0.4) is 0 Å². The third-order valence-electron chi connectivity index (χ3n) is 3.67. The molecule has 0 radical (unpaired) electrons. The minimum atomic E-state index is 0.0533. The molecule has 1 aromatic heterocycles. The first kappa shape index (κ1) is 16.2. The summed E-state index contributed by atoms with van der Waals surface area (Å²) in [5.41, 5.74) is 3.03. The van der Waals surface area contributed by atoms with E-state index in [1.165, 1.54) is 0 Å². The van der Waals surface area contributed by atoms with Gasteiger partial charge in [-0.15, -0.1) is 0 Å². The van der Waals surface area contributed by atoms with Gasteiger partial charge in [0.05, 0.1) is 33.1 Å². The molecule has 6 nitrogen and oxygen atoms in total. The smallest absolute Gasteiger partial charge is 0.165 e. The Hall–Kier alpha value is -2.21. The Bertz CT molecular complexity index is 638. The molecule has 0 aliphatic rings. The molecule has 0 atom stereocenters. The summed E-state index contributed by atoms with van der Waals surface area (Å²) >= 11 is 0. The summed E-state index contributed by atoms with van der Waals surface area (Å²) in [6, 6.07) is 5.79. The van der Waals surface area contributed by atoms with Crippen LogP contribution in [0.1, 0.15) is 16.8 Å². The number of aryl methyl sites for hydroxylation is 1. The Morgan fingerprint density at radius 2 is 2.00 bits per heavy atom. The molecule has 0 unspecified atom stereocenters. The van der Waals surface area contributed by atoms with E-state index < -0.39 is 0 Å². The van der Waals surface area contributed by atoms with E-state index in [2.05, 4.69) is 10.4 Å². The highest BCUT2D eigenvalue weighted by Gasteiger charge is 2.13. The summed E-state index contributed by atoms with van der Waals surface area (Å²) in [5.74, 6) is 2.34. The third kappa shape index (κ3) is 3.17. The predicted molar refractivity (Wildman–Crippen MR) is 85.7 cm³/mol. The number of para-hydroxylation sites is 1. The van der Waals surface area contributed by atoms with Gasteiger partial charge in [-0.25, -0.2) is 4.68 Å². The predicted octanol–water partition coefficient (Wildman–Crippen LogP) is 2.12. The highest BCUT2D eigenvalue weighted by atomic mass is 16.5. The monoisotopic (exact) mass is 305 g/mol. The largest absolute Gasteiger partial charge is 0.493 e. The first-order valence-electron chi connectivity index (χ1n) is 7.21. The average molecular weight is 305 g/mol. The van der Waals surface area contributed by atoms with E-state index in [9.17, 15) is 0 Å². The van der Waals surface area contributed by atoms with E-state index in [1.807, 2.05) is 32.0 Å². The molecule has 0 fully saturated rings. The van der Waals surface area contributed by atoms with Gasteiger partial charge in [0.25, 0.3) is 0 Å². The number of nitrogens with one attached hydrogen (secondary N) is 1. The molecule has 120 valence electrons. The number of methoxy groups -OCH3 is 2. The van der Waals surface area contributed by atoms with Gasteiger partial charge in [-0.3, -0.25) is 0 Å². The zero-order chi connectivity index (χ0) is 16.1. The Kier molecular flexibility index (Phi) is 5.27. The molecular weight excluding hydrogens is 282 g/mol. The summed E-state index contributed by atoms with van der Waals surface area (Å²) in [4.78, 5) is 0. The van der Waals surface area contributed by atoms with Crippen molar-refractivity contribution in [1.29, 1.82) is 0 Å². The van der Waals surface area contributed by atoms with E-state index in [-0.39, 0.29) is 6.61 Å². The lowest BCUT2D eigenvalue weighted by Gasteiger charge is -2.15. The minimum Gasteiger partial charge on any atom is -0.493 e. The van der Waals surface area contributed by atoms with Gasteiger partial charge >= 0.3 is 0 Å². The summed E-state index contributed by atoms with van der Waals surface area (Å²) in [5, 5.41) is 17.0. The zero-order valence-corrected chi connectivity index (χ0v) is 13.5. The quantitative estimate of drug-likeness (QED) is 0.820. The minimum absolute atomic E-state index is 0.0533. The Labute approximate surface area is 130 Å². The van der Waals surface area contributed by atoms with Crippen LogP contribution in [-0.4, -0.2) is 35.7 Å². The van der Waals surface area contributed by atoms with Gasteiger partial charge in [-0.05, 0) is 19.9 Å². The van der Waals surface area contributed by atoms with Crippen molar-refractivity contribution in [2.24, 2.45) is 0 Å². The molecule has 22 heavy (non-hydrogen) atoms. The van der Waals surface area contributed by atoms with Gasteiger partial charge in [0.15, 0.2) is 11.5 Å². The normalized spacial score (nSPS) is 10.6. The topological polar surface area (TPSA) is 68.5 Å². The Morgan fingerprint density at radius 1 is 1.23 bits per heavy atom. The zero-order valence-electron chi connectivity index (χ0n) is 13.5. The van der Waals surface area contributed by atoms with Crippen LogP contribution in [0.5, 0.6) is 11.5 Å². The summed E-state index contributed by atoms with van der Waals surface area (Å²) in [7, 11) is 3.26. The molecule has 0 spiro atoms. The third-order valence-corrected chi connectivity index (χ3v) is 3.67. The van der Waals surface area contributed by atoms with Crippen molar-refractivity contribution >= 4 is 5.82 Å². The maximum atomic E-state index is 9.15. The second-order valence-corrected chi connectivity index (χ2v) is 5.01. The fourth-order valence-corrected chi connectivity index (χ4v) is 2.42. The maximum Gasteiger partial charge on any atom is 0.165 e. The van der Waals surface area contributed by atoms with Gasteiger partial charge in [-0.2, -0.15) is 5.10 Å². The summed E-state index contributed by atoms with van der Waals surface area (Å²) < 4.78 is 12.5. The van der Waals surface area contributed by atoms with E-state index in [4.69, 9.17) is 14.6 Å². The van der Waals surface area contributed by atoms with Crippen LogP contribution >= 0.6 is 0 Å². The second kappa shape index (κ2) is 7.17. The molecule has 2 aromatic rings. The van der Waals surface area contributed by atoms with Crippen molar-refractivity contribution in [1.82, 2.24) is 9.78 Å². The number of nitrogens with zero attached hydrogens (tertiary/aromatic N) is 2. The second-order valence-electron chi connectivity index (χ2n) is 5.01. The van der Waals surface area contributed by atoms with Crippen LogP contribution < -0.4 is 14.8 Å². The molecule has 0 aliphatic carbocycles. The van der Waals surface area contributed by atoms with E-state index in [0.717, 1.165) is 28.4 Å². The maximum absolute atomic E-state index is 9.15. The summed E-state index contributed by atoms with van der Waals surface area (Å²) in [6.07, 6.45) is 0. The average Bonchev–Trinajstić information content (AvgIpc) is 2.79. The summed E-state index contributed by atoms with van der Waals surface area (Å²) in [6.45, 7) is 5.07. The van der Waals surface area contributed by atoms with E-state index >= 15 is 0 Å². The van der Waals surface area contributed by atoms with E-state index in [1.54, 1.807) is 18.9 Å². The molecule has 1 aromatic carbocycles. The molecular formula is C16H23N3O3. The van der Waals surface area contributed by atoms with Crippen LogP contribution in [-0.2, 0) is 13.1 Å². The fraction of sp³-hybridized carbons (Fsp3) is 0.438. The van der Waals surface area contributed by atoms with Crippen LogP contribution in [0.15, 0.2) is 18.2 Å². The van der Waals surface area contributed by atoms with Crippen molar-refractivity contribution in [3.63, 3.8) is 0 Å². The number of benzene rings is 1. The SMILES string of the molecule is COc1cccc(CNc2c(C)c(C)nn2CCO)c1OC. The Morgan fingerprint density at radius 3 is 2.64 bits per heavy atom. The molecule has 0 amide bonds. The lowest BCUT2D eigenvalue weighted by atomic mass is 10.1. The van der Waals surface area contributed by atoms with Gasteiger partial charge in [-0.1, -0.05) is 12.1 Å². The molecule has 0 aliphatic heterocycles. The fourth-order valence-electron chi connectivity index (χ4n) is 2.42. The van der Waals surface area contributed by atoms with E-state index in [0.29, 0.717) is 18.8 Å². The van der Waals surface area contributed by atoms with Gasteiger partial charge in [0.2, 0.25) is 0 Å². The molecule has 2 N–H and O–H groups in total. The van der Waals surface area contributed by atoms with Crippen molar-refractivity contribution < 1.29 is 14.6 Å². The highest BCUT2D eigenvalue weighted by molar-refractivity contribution is 5.51. The standard InChI is InChI=1S/C16H23N3O3/c1-11-12(2)18-19(8-9-20)16(11)17-10-13-6-5-7-14(21-3)15(13)22-4/h5-7,17,20H,8-10H2,1-4H3. The van der Waals surface area contributed by atoms with Crippen molar-refractivity contribution in [2.45, 2.75) is 26.9 Å². The van der Waals surface area contributed by atoms with Crippen molar-refractivity contribution in [3.05, 3.63) is 35.0 Å². The van der Waals surface area contributed by atoms with Crippen LogP contribution in [0, 0.1) is 13.8 Å². The number of hydrogen-bond acceptors (Lipinski definition) is 5. The number of aliphatic hydroxyl groups is 1. The molecule has 2 rings (SSSR count). The molecule has 6 heteroatoms. The molecule has 0 saturated heterocycles. The number of rotatable bonds is 7. The first-order chi connectivity index (χ1) is 10.6. The van der Waals surface area contributed by atoms with Gasteiger partial charge < -0.3 is 19.9 Å². The molecule has 0 saturated carbocycles. The molecule has 0 bridgehead atoms. The van der Waals surface area contributed by atoms with Gasteiger partial charge in [0, 0.05) is 17.7 Å². The van der Waals surface area contributed by atoms with Crippen molar-refractivity contribution in [2.75, 3.05) is 26.1 Å².